The van der Waals surface area contributed by atoms with E-state index in [2.05, 4.69) is 26.0 Å². The Morgan fingerprint density at radius 2 is 0.829 bits per heavy atom. The molecule has 0 N–H and O–H groups in total. The summed E-state index contributed by atoms with van der Waals surface area (Å²) < 4.78 is 6.25. The third-order valence-corrected chi connectivity index (χ3v) is 12.1. The van der Waals surface area contributed by atoms with Crippen molar-refractivity contribution in [1.29, 1.82) is 0 Å². The first-order valence-corrected chi connectivity index (χ1v) is 19.1. The Kier molecular flexibility index (Phi) is 16.0. The van der Waals surface area contributed by atoms with Crippen molar-refractivity contribution in [3.8, 4) is 0 Å². The number of hydrogen-bond donors (Lipinski definition) is 0. The van der Waals surface area contributed by atoms with Crippen LogP contribution < -0.4 is 0 Å². The van der Waals surface area contributed by atoms with Crippen LogP contribution in [0.5, 0.6) is 0 Å². The highest BCUT2D eigenvalue weighted by Crippen LogP contribution is 2.38. The van der Waals surface area contributed by atoms with Crippen molar-refractivity contribution in [3.05, 3.63) is 23.3 Å². The minimum Gasteiger partial charge on any atom is -0.373 e. The van der Waals surface area contributed by atoms with Crippen LogP contribution in [-0.4, -0.2) is 13.2 Å². The average molecular weight is 567 g/mol. The van der Waals surface area contributed by atoms with Gasteiger partial charge in [0.2, 0.25) is 0 Å². The molecule has 0 aromatic rings. The van der Waals surface area contributed by atoms with E-state index >= 15 is 0 Å². The summed E-state index contributed by atoms with van der Waals surface area (Å²) in [7, 11) is 0. The highest BCUT2D eigenvalue weighted by atomic mass is 16.5. The fourth-order valence-electron chi connectivity index (χ4n) is 8.91. The Labute approximate surface area is 257 Å². The fraction of sp³-hybridized carbons (Fsp3) is 0.900. The zero-order valence-corrected chi connectivity index (χ0v) is 27.8. The summed E-state index contributed by atoms with van der Waals surface area (Å²) in [5.74, 6) is 6.08. The van der Waals surface area contributed by atoms with Crippen LogP contribution in [0.2, 0.25) is 0 Å². The molecular weight excluding hydrogens is 496 g/mol. The topological polar surface area (TPSA) is 9.23 Å². The van der Waals surface area contributed by atoms with Crippen LogP contribution in [0, 0.1) is 35.5 Å². The molecule has 2 saturated carbocycles. The molecular formula is C40H70O. The maximum absolute atomic E-state index is 6.25. The second-order valence-corrected chi connectivity index (χ2v) is 15.4. The molecule has 0 aromatic carbocycles. The van der Waals surface area contributed by atoms with Crippen LogP contribution >= 0.6 is 0 Å². The summed E-state index contributed by atoms with van der Waals surface area (Å²) >= 11 is 0. The Morgan fingerprint density at radius 3 is 1.17 bits per heavy atom. The van der Waals surface area contributed by atoms with Crippen LogP contribution in [0.4, 0.5) is 0 Å². The van der Waals surface area contributed by atoms with E-state index in [-0.39, 0.29) is 0 Å². The van der Waals surface area contributed by atoms with Gasteiger partial charge in [0.25, 0.3) is 0 Å². The molecule has 0 radical (unpaired) electrons. The summed E-state index contributed by atoms with van der Waals surface area (Å²) in [5.41, 5.74) is 3.17. The molecule has 2 unspecified atom stereocenters. The zero-order chi connectivity index (χ0) is 28.5. The maximum Gasteiger partial charge on any atom is 0.0681 e. The Bertz CT molecular complexity index is 670. The monoisotopic (exact) mass is 567 g/mol. The molecule has 0 aliphatic heterocycles. The number of hydrogen-bond acceptors (Lipinski definition) is 1. The van der Waals surface area contributed by atoms with Crippen LogP contribution in [0.25, 0.3) is 0 Å². The molecule has 2 atom stereocenters. The average Bonchev–Trinajstić information content (AvgIpc) is 3.02. The molecule has 4 rings (SSSR count). The van der Waals surface area contributed by atoms with Gasteiger partial charge in [-0.2, -0.15) is 0 Å². The van der Waals surface area contributed by atoms with Crippen LogP contribution in [0.15, 0.2) is 23.3 Å². The number of ether oxygens (including phenoxy) is 1. The summed E-state index contributed by atoms with van der Waals surface area (Å²) in [5, 5.41) is 0. The normalized spacial score (nSPS) is 31.1. The minimum atomic E-state index is 0.886. The van der Waals surface area contributed by atoms with Crippen LogP contribution in [-0.2, 0) is 4.74 Å². The molecule has 2 fully saturated rings. The summed E-state index contributed by atoms with van der Waals surface area (Å²) in [6.45, 7) is 6.43. The van der Waals surface area contributed by atoms with Gasteiger partial charge < -0.3 is 4.74 Å². The van der Waals surface area contributed by atoms with Crippen molar-refractivity contribution in [1.82, 2.24) is 0 Å². The number of unbranched alkanes of at least 4 members (excludes halogenated alkanes) is 4. The van der Waals surface area contributed by atoms with Gasteiger partial charge in [0, 0.05) is 0 Å². The van der Waals surface area contributed by atoms with E-state index in [1.54, 1.807) is 11.1 Å². The first kappa shape index (κ1) is 33.3. The molecule has 1 heteroatoms. The lowest BCUT2D eigenvalue weighted by atomic mass is 9.76. The van der Waals surface area contributed by atoms with Gasteiger partial charge >= 0.3 is 0 Å². The van der Waals surface area contributed by atoms with Gasteiger partial charge in [0.05, 0.1) is 13.2 Å². The van der Waals surface area contributed by atoms with E-state index in [1.165, 1.54) is 167 Å². The Balaban J connectivity index is 0.998. The van der Waals surface area contributed by atoms with Gasteiger partial charge in [0.1, 0.15) is 0 Å². The molecule has 0 amide bonds. The van der Waals surface area contributed by atoms with Gasteiger partial charge in [-0.3, -0.25) is 0 Å². The van der Waals surface area contributed by atoms with Gasteiger partial charge in [-0.05, 0) is 98.0 Å². The van der Waals surface area contributed by atoms with Gasteiger partial charge in [-0.25, -0.2) is 0 Å². The molecule has 1 nitrogen and oxygen atoms in total. The molecule has 0 aromatic heterocycles. The standard InChI is InChI=1S/C40H70O/c1-3-5-7-9-33-11-15-35(16-12-33)19-21-37-23-27-39(28-24-37)31-41-32-40-29-25-38(26-30-40)22-20-36-17-13-34(14-18-36)10-8-6-4-2/h27,29,33-38H,3-26,28,30-32H2,1-2H3. The van der Waals surface area contributed by atoms with Crippen LogP contribution in [0.3, 0.4) is 0 Å². The van der Waals surface area contributed by atoms with Gasteiger partial charge in [-0.15, -0.1) is 0 Å². The van der Waals surface area contributed by atoms with E-state index in [9.17, 15) is 0 Å². The zero-order valence-electron chi connectivity index (χ0n) is 27.8. The molecule has 4 aliphatic rings. The van der Waals surface area contributed by atoms with E-state index in [0.29, 0.717) is 0 Å². The lowest BCUT2D eigenvalue weighted by Gasteiger charge is -2.30. The Hall–Kier alpha value is -0.560. The molecule has 0 spiro atoms. The summed E-state index contributed by atoms with van der Waals surface area (Å²) in [4.78, 5) is 0. The van der Waals surface area contributed by atoms with Gasteiger partial charge in [0.15, 0.2) is 0 Å². The summed E-state index contributed by atoms with van der Waals surface area (Å²) in [6, 6.07) is 0. The van der Waals surface area contributed by atoms with E-state index < -0.39 is 0 Å². The smallest absolute Gasteiger partial charge is 0.0681 e. The highest BCUT2D eigenvalue weighted by Gasteiger charge is 2.24. The first-order valence-electron chi connectivity index (χ1n) is 19.1. The largest absolute Gasteiger partial charge is 0.373 e. The summed E-state index contributed by atoms with van der Waals surface area (Å²) in [6.07, 6.45) is 42.9. The van der Waals surface area contributed by atoms with E-state index in [0.717, 1.165) is 48.7 Å². The Morgan fingerprint density at radius 1 is 0.463 bits per heavy atom. The highest BCUT2D eigenvalue weighted by molar-refractivity contribution is 5.09. The van der Waals surface area contributed by atoms with Crippen molar-refractivity contribution < 1.29 is 4.74 Å². The third kappa shape index (κ3) is 12.9. The fourth-order valence-corrected chi connectivity index (χ4v) is 8.91. The minimum absolute atomic E-state index is 0.886. The molecule has 0 heterocycles. The molecule has 236 valence electrons. The van der Waals surface area contributed by atoms with Crippen molar-refractivity contribution in [2.24, 2.45) is 35.5 Å². The predicted molar refractivity (Wildman–Crippen MR) is 179 cm³/mol. The molecule has 0 bridgehead atoms. The SMILES string of the molecule is CCCCCC1CCC(CCC2CC=C(COCC3=CCC(CCC4CCC(CCCCC)CC4)CC3)CC2)CC1. The van der Waals surface area contributed by atoms with Crippen molar-refractivity contribution in [2.45, 2.75) is 181 Å². The van der Waals surface area contributed by atoms with Crippen molar-refractivity contribution in [2.75, 3.05) is 13.2 Å². The third-order valence-electron chi connectivity index (χ3n) is 12.1. The second-order valence-electron chi connectivity index (χ2n) is 15.4. The molecule has 0 saturated heterocycles. The number of rotatable bonds is 18. The van der Waals surface area contributed by atoms with Crippen LogP contribution in [0.1, 0.15) is 181 Å². The van der Waals surface area contributed by atoms with Crippen molar-refractivity contribution >= 4 is 0 Å². The second kappa shape index (κ2) is 19.7. The van der Waals surface area contributed by atoms with E-state index in [1.807, 2.05) is 0 Å². The maximum atomic E-state index is 6.25. The lowest BCUT2D eigenvalue weighted by Crippen LogP contribution is -2.17. The quantitative estimate of drug-likeness (QED) is 0.118. The first-order chi connectivity index (χ1) is 20.2. The predicted octanol–water partition coefficient (Wildman–Crippen LogP) is 12.8. The molecule has 41 heavy (non-hydrogen) atoms. The van der Waals surface area contributed by atoms with Gasteiger partial charge in [-0.1, -0.05) is 142 Å². The van der Waals surface area contributed by atoms with Crippen molar-refractivity contribution in [3.63, 3.8) is 0 Å². The molecule has 4 aliphatic carbocycles. The van der Waals surface area contributed by atoms with E-state index in [4.69, 9.17) is 4.74 Å². The lowest BCUT2D eigenvalue weighted by molar-refractivity contribution is 0.168. The number of allylic oxidation sites excluding steroid dienone is 2.